The number of hydrogen-bond donors (Lipinski definition) is 6. The van der Waals surface area contributed by atoms with Crippen LogP contribution >= 0.6 is 0 Å². The van der Waals surface area contributed by atoms with E-state index in [4.69, 9.17) is 33.9 Å². The molecule has 0 radical (unpaired) electrons. The maximum Gasteiger partial charge on any atom is 0.131 e. The molecule has 6 N–H and O–H groups in total. The summed E-state index contributed by atoms with van der Waals surface area (Å²) in [5.74, 6) is 4.21. The zero-order valence-corrected chi connectivity index (χ0v) is 56.9. The Hall–Kier alpha value is -6.24. The van der Waals surface area contributed by atoms with Crippen LogP contribution < -0.4 is 18.9 Å². The molecule has 484 valence electrons. The van der Waals surface area contributed by atoms with Crippen LogP contribution in [0.2, 0.25) is 0 Å². The number of phenols is 4. The topological polar surface area (TPSA) is 177 Å². The lowest BCUT2D eigenvalue weighted by Crippen LogP contribution is -2.37. The molecule has 2 aliphatic carbocycles. The molecular formula is C77H104O12. The molecule has 0 aromatic heterocycles. The number of phenolic OH excluding ortho intramolecular Hbond substituents is 4. The smallest absolute Gasteiger partial charge is 0.131 e. The van der Waals surface area contributed by atoms with Crippen LogP contribution in [0.4, 0.5) is 0 Å². The Morgan fingerprint density at radius 2 is 0.831 bits per heavy atom. The zero-order valence-electron chi connectivity index (χ0n) is 60.9. The van der Waals surface area contributed by atoms with Crippen molar-refractivity contribution in [2.75, 3.05) is 39.6 Å². The third-order valence-corrected chi connectivity index (χ3v) is 19.4. The van der Waals surface area contributed by atoms with Gasteiger partial charge in [0, 0.05) is 41.7 Å². The second-order valence-corrected chi connectivity index (χ2v) is 32.4. The molecule has 12 rings (SSSR count). The van der Waals surface area contributed by atoms with Crippen molar-refractivity contribution >= 4 is 0 Å². The molecule has 4 aromatic carbocycles. The fourth-order valence-corrected chi connectivity index (χ4v) is 14.5. The van der Waals surface area contributed by atoms with Crippen LogP contribution in [-0.4, -0.2) is 82.5 Å². The van der Waals surface area contributed by atoms with Gasteiger partial charge in [0.2, 0.25) is 0 Å². The number of benzene rings is 4. The van der Waals surface area contributed by atoms with E-state index in [0.29, 0.717) is 58.5 Å². The Morgan fingerprint density at radius 3 is 1.29 bits per heavy atom. The molecule has 89 heavy (non-hydrogen) atoms. The number of aryl methyl sites for hydroxylation is 1. The number of hydrogen-bond acceptors (Lipinski definition) is 12. The molecule has 0 amide bonds. The SMILES string of the molecule is CC(C)(C)c1cc(C(C)(C)C)c2c(c1O)C1(CO2)COc2c(C(C)(C)C)cc(C(C)(C)C)c(O)c21.[3H]c1cc(C(C)(C)C)c2c(c1O)[C@@]1(COC3=C1C(O)C([3H])C=C3C(C)(C)C)CO2.[3H]c1cc(CCCC)c2c(c1O)[C@]1(COC3=C1C(O)C([3H])C=C3CCCC)CO2. The first kappa shape index (κ1) is 60.3. The molecule has 0 saturated carbocycles. The number of ether oxygens (including phenoxy) is 6. The molecule has 12 nitrogen and oxygen atoms in total. The highest BCUT2D eigenvalue weighted by Gasteiger charge is 2.59. The molecule has 4 aromatic rings. The van der Waals surface area contributed by atoms with Crippen LogP contribution in [0.3, 0.4) is 0 Å². The Morgan fingerprint density at radius 1 is 0.449 bits per heavy atom. The first-order valence-electron chi connectivity index (χ1n) is 34.6. The van der Waals surface area contributed by atoms with E-state index < -0.39 is 41.2 Å². The van der Waals surface area contributed by atoms with Gasteiger partial charge in [0.1, 0.15) is 103 Å². The first-order valence-corrected chi connectivity index (χ1v) is 32.4. The molecule has 0 fully saturated rings. The number of rotatable bonds is 6. The lowest BCUT2D eigenvalue weighted by molar-refractivity contribution is 0.165. The van der Waals surface area contributed by atoms with Crippen LogP contribution in [0.1, 0.15) is 244 Å². The van der Waals surface area contributed by atoms with Crippen molar-refractivity contribution in [3.63, 3.8) is 0 Å². The quantitative estimate of drug-likeness (QED) is 0.108. The Balaban J connectivity index is 0.000000153. The lowest BCUT2D eigenvalue weighted by Gasteiger charge is -2.32. The summed E-state index contributed by atoms with van der Waals surface area (Å²) < 4.78 is 70.9. The maximum absolute atomic E-state index is 11.8. The van der Waals surface area contributed by atoms with Crippen molar-refractivity contribution in [3.05, 3.63) is 138 Å². The summed E-state index contributed by atoms with van der Waals surface area (Å²) in [5, 5.41) is 67.4. The van der Waals surface area contributed by atoms with Gasteiger partial charge >= 0.3 is 0 Å². The van der Waals surface area contributed by atoms with E-state index in [0.717, 1.165) is 106 Å². The van der Waals surface area contributed by atoms with E-state index in [2.05, 4.69) is 130 Å². The number of fused-ring (bicyclic) bond motifs is 10. The van der Waals surface area contributed by atoms with E-state index in [-0.39, 0.29) is 94.0 Å². The van der Waals surface area contributed by atoms with Crippen molar-refractivity contribution < 1.29 is 64.5 Å². The van der Waals surface area contributed by atoms with Gasteiger partial charge in [0.05, 0.1) is 48.0 Å². The predicted molar refractivity (Wildman–Crippen MR) is 353 cm³/mol. The van der Waals surface area contributed by atoms with Gasteiger partial charge in [-0.3, -0.25) is 0 Å². The molecule has 12 heteroatoms. The van der Waals surface area contributed by atoms with Gasteiger partial charge < -0.3 is 59.1 Å². The normalized spacial score (nSPS) is 25.2. The number of aliphatic hydroxyl groups excluding tert-OH is 2. The van der Waals surface area contributed by atoms with Crippen LogP contribution in [0.15, 0.2) is 82.3 Å². The molecule has 6 heterocycles. The van der Waals surface area contributed by atoms with Crippen molar-refractivity contribution in [2.24, 2.45) is 5.41 Å². The van der Waals surface area contributed by atoms with Gasteiger partial charge in [0.15, 0.2) is 0 Å². The summed E-state index contributed by atoms with van der Waals surface area (Å²) in [7, 11) is 0. The van der Waals surface area contributed by atoms with Gasteiger partial charge in [0.25, 0.3) is 0 Å². The van der Waals surface area contributed by atoms with Crippen LogP contribution in [-0.2, 0) is 59.2 Å². The summed E-state index contributed by atoms with van der Waals surface area (Å²) in [5.41, 5.74) is 7.44. The molecule has 0 bridgehead atoms. The fourth-order valence-electron chi connectivity index (χ4n) is 14.5. The second kappa shape index (κ2) is 22.6. The van der Waals surface area contributed by atoms with Crippen molar-refractivity contribution in [2.45, 2.75) is 245 Å². The summed E-state index contributed by atoms with van der Waals surface area (Å²) in [6.07, 6.45) is 5.48. The fraction of sp³-hybridized carbons (Fsp3) is 0.584. The van der Waals surface area contributed by atoms with Gasteiger partial charge in [-0.25, -0.2) is 0 Å². The van der Waals surface area contributed by atoms with Crippen LogP contribution in [0.25, 0.3) is 0 Å². The van der Waals surface area contributed by atoms with Crippen molar-refractivity contribution in [3.8, 4) is 46.0 Å². The van der Waals surface area contributed by atoms with E-state index in [9.17, 15) is 30.6 Å². The summed E-state index contributed by atoms with van der Waals surface area (Å²) in [6.45, 7) is 43.9. The van der Waals surface area contributed by atoms with Gasteiger partial charge in [-0.1, -0.05) is 176 Å². The molecule has 3 spiro atoms. The van der Waals surface area contributed by atoms with Gasteiger partial charge in [-0.05, 0) is 112 Å². The Labute approximate surface area is 536 Å². The van der Waals surface area contributed by atoms with Crippen LogP contribution in [0.5, 0.6) is 46.0 Å². The van der Waals surface area contributed by atoms with Crippen LogP contribution in [0, 0.1) is 5.41 Å². The van der Waals surface area contributed by atoms with Gasteiger partial charge in [-0.15, -0.1) is 0 Å². The van der Waals surface area contributed by atoms with E-state index >= 15 is 0 Å². The first-order chi connectivity index (χ1) is 42.9. The molecular weight excluding hydrogens is 1120 g/mol. The largest absolute Gasteiger partial charge is 0.507 e. The minimum Gasteiger partial charge on any atom is -0.507 e. The number of unbranched alkanes of at least 4 members (excludes halogenated alkanes) is 2. The molecule has 8 aliphatic rings. The number of allylic oxidation sites excluding steroid dienone is 2. The van der Waals surface area contributed by atoms with Gasteiger partial charge in [-0.2, -0.15) is 0 Å². The average Bonchev–Trinajstić information content (AvgIpc) is 1.57. The monoisotopic (exact) mass is 1230 g/mol. The van der Waals surface area contributed by atoms with E-state index in [1.54, 1.807) is 24.3 Å². The third-order valence-electron chi connectivity index (χ3n) is 19.4. The third kappa shape index (κ3) is 11.0. The summed E-state index contributed by atoms with van der Waals surface area (Å²) >= 11 is 0. The Kier molecular flexibility index (Phi) is 15.3. The summed E-state index contributed by atoms with van der Waals surface area (Å²) in [4.78, 5) is 0. The predicted octanol–water partition coefficient (Wildman–Crippen LogP) is 16.2. The lowest BCUT2D eigenvalue weighted by atomic mass is 9.69. The average molecular weight is 1230 g/mol. The van der Waals surface area contributed by atoms with E-state index in [1.807, 2.05) is 20.8 Å². The highest BCUT2D eigenvalue weighted by molar-refractivity contribution is 5.73. The van der Waals surface area contributed by atoms with Crippen molar-refractivity contribution in [1.82, 2.24) is 0 Å². The number of aliphatic hydroxyl groups is 2. The standard InChI is InChI=1S/C31H44O4.2C23H30O4/c1-27(2,3)17-13-19(29(7,8)9)25-21(23(17)32)31(15-34-25)16-35-26-20(30(10,11)12)14-18(28(4,5)6)24(33)22(26)31;1-21(2,3)13-7-9-15(24)17-19(13)26-11-23(17)12-27-20-14(22(4,5)6)8-10-16(25)18(20)23;1-3-5-7-15-9-11-17(24)19-21(15)26-13-23(19)14-27-22-16(8-6-4-2)10-12-18(25)20(22)23/h13-14,32-33H,15-16H2,1-12H3;7-9,16,24-25H,10-12H2,1-6H3;9-11,18,24-25H,3-8,12-14H2,1-2H3/t;16?,23-;18?,23-/m.01/s1/i;9T,10T;11T,12T/t;10?,16?,23-;12?,18?,23-. The maximum atomic E-state index is 11.8. The highest BCUT2D eigenvalue weighted by atomic mass is 16.5. The molecule has 6 aliphatic heterocycles. The second-order valence-electron chi connectivity index (χ2n) is 32.4. The molecule has 6 atom stereocenters. The summed E-state index contributed by atoms with van der Waals surface area (Å²) in [6, 6.07) is 7.66. The minimum atomic E-state index is -1.06. The van der Waals surface area contributed by atoms with Crippen molar-refractivity contribution in [1.29, 1.82) is 0 Å². The Bertz CT molecular complexity index is 3700. The van der Waals surface area contributed by atoms with E-state index in [1.165, 1.54) is 0 Å². The number of aromatic hydroxyl groups is 4. The zero-order chi connectivity index (χ0) is 68.8. The molecule has 0 saturated heterocycles. The molecule has 4 unspecified atom stereocenters. The highest BCUT2D eigenvalue weighted by Crippen LogP contribution is 2.64. The minimum absolute atomic E-state index is 0.0342.